The number of hydrogen-bond donors (Lipinski definition) is 1. The van der Waals surface area contributed by atoms with E-state index in [1.807, 2.05) is 6.92 Å². The Hall–Kier alpha value is -2.15. The molecule has 1 amide bonds. The van der Waals surface area contributed by atoms with Crippen LogP contribution in [0.5, 0.6) is 5.75 Å². The number of rotatable bonds is 4. The summed E-state index contributed by atoms with van der Waals surface area (Å²) in [5.74, 6) is 0.227. The van der Waals surface area contributed by atoms with Gasteiger partial charge in [0, 0.05) is 24.7 Å². The first-order chi connectivity index (χ1) is 9.02. The van der Waals surface area contributed by atoms with Crippen LogP contribution < -0.4 is 15.4 Å². The van der Waals surface area contributed by atoms with Crippen LogP contribution in [0, 0.1) is 10.1 Å². The molecular formula is C12H15N3O4. The highest BCUT2D eigenvalue weighted by Gasteiger charge is 2.28. The number of nitrogens with two attached hydrogens (primary N) is 1. The number of nitro groups is 1. The Bertz CT molecular complexity index is 518. The minimum Gasteiger partial charge on any atom is -0.482 e. The summed E-state index contributed by atoms with van der Waals surface area (Å²) in [4.78, 5) is 23.6. The number of amides is 1. The lowest BCUT2D eigenvalue weighted by atomic mass is 10.1. The molecule has 1 unspecified atom stereocenters. The van der Waals surface area contributed by atoms with Gasteiger partial charge in [-0.05, 0) is 12.5 Å². The zero-order valence-corrected chi connectivity index (χ0v) is 10.5. The normalized spacial score (nSPS) is 15.7. The van der Waals surface area contributed by atoms with E-state index in [1.165, 1.54) is 23.1 Å². The van der Waals surface area contributed by atoms with E-state index in [0.717, 1.165) is 6.42 Å². The van der Waals surface area contributed by atoms with Crippen LogP contribution in [0.3, 0.4) is 0 Å². The van der Waals surface area contributed by atoms with Gasteiger partial charge in [-0.2, -0.15) is 0 Å². The Morgan fingerprint density at radius 1 is 1.58 bits per heavy atom. The maximum absolute atomic E-state index is 11.9. The first-order valence-electron chi connectivity index (χ1n) is 6.00. The monoisotopic (exact) mass is 265 g/mol. The number of nitro benzene ring substituents is 1. The molecule has 1 aromatic rings. The molecule has 102 valence electrons. The summed E-state index contributed by atoms with van der Waals surface area (Å²) in [6.07, 6.45) is 0.717. The SMILES string of the molecule is CCC(N)CN1C(=O)COc2ccc([N+](=O)[O-])cc21. The van der Waals surface area contributed by atoms with E-state index in [9.17, 15) is 14.9 Å². The average Bonchev–Trinajstić information content (AvgIpc) is 2.41. The van der Waals surface area contributed by atoms with Gasteiger partial charge in [0.2, 0.25) is 0 Å². The quantitative estimate of drug-likeness (QED) is 0.648. The number of nitrogens with zero attached hydrogens (tertiary/aromatic N) is 2. The molecule has 19 heavy (non-hydrogen) atoms. The van der Waals surface area contributed by atoms with E-state index in [2.05, 4.69) is 0 Å². The predicted molar refractivity (Wildman–Crippen MR) is 69.2 cm³/mol. The lowest BCUT2D eigenvalue weighted by Gasteiger charge is -2.30. The molecule has 0 bridgehead atoms. The molecule has 2 rings (SSSR count). The second kappa shape index (κ2) is 5.23. The molecule has 0 fully saturated rings. The molecule has 1 aliphatic rings. The van der Waals surface area contributed by atoms with Crippen LogP contribution in [-0.4, -0.2) is 30.0 Å². The van der Waals surface area contributed by atoms with Crippen molar-refractivity contribution in [3.63, 3.8) is 0 Å². The van der Waals surface area contributed by atoms with E-state index in [4.69, 9.17) is 10.5 Å². The predicted octanol–water partition coefficient (Wildman–Crippen LogP) is 1.06. The van der Waals surface area contributed by atoms with Gasteiger partial charge in [-0.3, -0.25) is 14.9 Å². The zero-order chi connectivity index (χ0) is 14.0. The Morgan fingerprint density at radius 3 is 2.95 bits per heavy atom. The third kappa shape index (κ3) is 2.65. The number of benzene rings is 1. The summed E-state index contributed by atoms with van der Waals surface area (Å²) < 4.78 is 5.26. The van der Waals surface area contributed by atoms with Crippen molar-refractivity contribution in [1.29, 1.82) is 0 Å². The molecule has 1 heterocycles. The Balaban J connectivity index is 2.38. The van der Waals surface area contributed by atoms with Crippen molar-refractivity contribution in [2.45, 2.75) is 19.4 Å². The van der Waals surface area contributed by atoms with E-state index < -0.39 is 4.92 Å². The Kier molecular flexibility index (Phi) is 3.66. The first-order valence-corrected chi connectivity index (χ1v) is 6.00. The lowest BCUT2D eigenvalue weighted by molar-refractivity contribution is -0.384. The Labute approximate surface area is 110 Å². The molecule has 0 radical (unpaired) electrons. The Morgan fingerprint density at radius 2 is 2.32 bits per heavy atom. The van der Waals surface area contributed by atoms with Gasteiger partial charge in [-0.15, -0.1) is 0 Å². The van der Waals surface area contributed by atoms with Gasteiger partial charge in [0.05, 0.1) is 10.6 Å². The molecule has 1 atom stereocenters. The summed E-state index contributed by atoms with van der Waals surface area (Å²) >= 11 is 0. The lowest BCUT2D eigenvalue weighted by Crippen LogP contribution is -2.45. The summed E-state index contributed by atoms with van der Waals surface area (Å²) in [7, 11) is 0. The molecule has 7 heteroatoms. The molecule has 0 aromatic heterocycles. The molecule has 1 aromatic carbocycles. The van der Waals surface area contributed by atoms with Gasteiger partial charge >= 0.3 is 0 Å². The van der Waals surface area contributed by atoms with Crippen LogP contribution in [0.15, 0.2) is 18.2 Å². The van der Waals surface area contributed by atoms with E-state index >= 15 is 0 Å². The standard InChI is InChI=1S/C12H15N3O4/c1-2-8(13)6-14-10-5-9(15(17)18)3-4-11(10)19-7-12(14)16/h3-5,8H,2,6-7,13H2,1H3. The molecule has 2 N–H and O–H groups in total. The van der Waals surface area contributed by atoms with Crippen molar-refractivity contribution < 1.29 is 14.5 Å². The highest BCUT2D eigenvalue weighted by Crippen LogP contribution is 2.35. The van der Waals surface area contributed by atoms with E-state index in [1.54, 1.807) is 0 Å². The second-order valence-corrected chi connectivity index (χ2v) is 4.37. The van der Waals surface area contributed by atoms with Crippen molar-refractivity contribution in [2.24, 2.45) is 5.73 Å². The number of fused-ring (bicyclic) bond motifs is 1. The molecule has 0 saturated heterocycles. The van der Waals surface area contributed by atoms with Crippen molar-refractivity contribution >= 4 is 17.3 Å². The summed E-state index contributed by atoms with van der Waals surface area (Å²) in [6, 6.07) is 4.03. The van der Waals surface area contributed by atoms with Crippen molar-refractivity contribution in [1.82, 2.24) is 0 Å². The molecule has 0 aliphatic carbocycles. The van der Waals surface area contributed by atoms with Crippen LogP contribution in [-0.2, 0) is 4.79 Å². The van der Waals surface area contributed by atoms with Gasteiger partial charge in [0.1, 0.15) is 5.75 Å². The first kappa shape index (κ1) is 13.3. The van der Waals surface area contributed by atoms with Crippen LogP contribution in [0.2, 0.25) is 0 Å². The summed E-state index contributed by atoms with van der Waals surface area (Å²) in [5, 5.41) is 10.8. The summed E-state index contributed by atoms with van der Waals surface area (Å²) in [5.41, 5.74) is 6.19. The number of carbonyl (C=O) groups is 1. The molecule has 0 saturated carbocycles. The minimum atomic E-state index is -0.503. The zero-order valence-electron chi connectivity index (χ0n) is 10.5. The topological polar surface area (TPSA) is 98.7 Å². The highest BCUT2D eigenvalue weighted by molar-refractivity contribution is 5.98. The van der Waals surface area contributed by atoms with Crippen molar-refractivity contribution in [3.8, 4) is 5.75 Å². The van der Waals surface area contributed by atoms with Gasteiger partial charge < -0.3 is 15.4 Å². The molecular weight excluding hydrogens is 250 g/mol. The largest absolute Gasteiger partial charge is 0.482 e. The maximum atomic E-state index is 11.9. The third-order valence-corrected chi connectivity index (χ3v) is 3.04. The minimum absolute atomic E-state index is 0.0682. The van der Waals surface area contributed by atoms with Crippen molar-refractivity contribution in [3.05, 3.63) is 28.3 Å². The molecule has 0 spiro atoms. The molecule has 1 aliphatic heterocycles. The van der Waals surface area contributed by atoms with Crippen molar-refractivity contribution in [2.75, 3.05) is 18.1 Å². The van der Waals surface area contributed by atoms with Crippen LogP contribution in [0.4, 0.5) is 11.4 Å². The van der Waals surface area contributed by atoms with Crippen LogP contribution >= 0.6 is 0 Å². The number of hydrogen-bond acceptors (Lipinski definition) is 5. The number of carbonyl (C=O) groups excluding carboxylic acids is 1. The third-order valence-electron chi connectivity index (χ3n) is 3.04. The number of anilines is 1. The van der Waals surface area contributed by atoms with Crippen LogP contribution in [0.25, 0.3) is 0 Å². The maximum Gasteiger partial charge on any atom is 0.271 e. The van der Waals surface area contributed by atoms with Gasteiger partial charge in [-0.1, -0.05) is 6.92 Å². The van der Waals surface area contributed by atoms with E-state index in [0.29, 0.717) is 18.0 Å². The van der Waals surface area contributed by atoms with Gasteiger partial charge in [0.25, 0.3) is 11.6 Å². The fourth-order valence-corrected chi connectivity index (χ4v) is 1.87. The number of ether oxygens (including phenoxy) is 1. The van der Waals surface area contributed by atoms with Crippen LogP contribution in [0.1, 0.15) is 13.3 Å². The second-order valence-electron chi connectivity index (χ2n) is 4.37. The van der Waals surface area contributed by atoms with E-state index in [-0.39, 0.29) is 24.2 Å². The highest BCUT2D eigenvalue weighted by atomic mass is 16.6. The summed E-state index contributed by atoms with van der Waals surface area (Å²) in [6.45, 7) is 2.18. The van der Waals surface area contributed by atoms with Gasteiger partial charge in [0.15, 0.2) is 6.61 Å². The number of non-ortho nitro benzene ring substituents is 1. The van der Waals surface area contributed by atoms with Gasteiger partial charge in [-0.25, -0.2) is 0 Å². The molecule has 7 nitrogen and oxygen atoms in total. The fraction of sp³-hybridized carbons (Fsp3) is 0.417. The average molecular weight is 265 g/mol. The smallest absolute Gasteiger partial charge is 0.271 e. The fourth-order valence-electron chi connectivity index (χ4n) is 1.87.